The summed E-state index contributed by atoms with van der Waals surface area (Å²) in [5.41, 5.74) is 1.32. The van der Waals surface area contributed by atoms with Gasteiger partial charge in [0.15, 0.2) is 12.2 Å². The summed E-state index contributed by atoms with van der Waals surface area (Å²) in [5, 5.41) is 6.97. The lowest BCUT2D eigenvalue weighted by Gasteiger charge is -2.06. The number of carbonyl (C=O) groups excluding carboxylic acids is 3. The smallest absolute Gasteiger partial charge is 0.321 e. The zero-order valence-corrected chi connectivity index (χ0v) is 16.3. The van der Waals surface area contributed by atoms with E-state index in [4.69, 9.17) is 9.15 Å². The fraction of sp³-hybridized carbons (Fsp3) is 0.222. The van der Waals surface area contributed by atoms with Gasteiger partial charge in [0.25, 0.3) is 11.1 Å². The molecule has 0 atom stereocenters. The summed E-state index contributed by atoms with van der Waals surface area (Å²) in [6.45, 7) is -0.133. The molecular weight excluding hydrogens is 402 g/mol. The first-order chi connectivity index (χ1) is 13.6. The second-order valence-corrected chi connectivity index (χ2v) is 7.49. The standard InChI is InChI=1S/C18H17N3O5S2/c22-15(21-17(24)19-8-7-12-4-3-9-27-12)10-25-16(23)11-28-18-20-13-5-1-2-6-14(13)26-18/h1-6,9H,7-8,10-11H2,(H2,19,21,22,24). The maximum absolute atomic E-state index is 11.7. The Hall–Kier alpha value is -2.85. The second-order valence-electron chi connectivity index (χ2n) is 5.53. The largest absolute Gasteiger partial charge is 0.455 e. The average Bonchev–Trinajstić information content (AvgIpc) is 3.33. The number of hydrogen-bond acceptors (Lipinski definition) is 8. The van der Waals surface area contributed by atoms with Gasteiger partial charge in [0.05, 0.1) is 0 Å². The number of para-hydroxylation sites is 2. The van der Waals surface area contributed by atoms with Crippen molar-refractivity contribution in [3.63, 3.8) is 0 Å². The molecule has 0 aliphatic heterocycles. The SMILES string of the molecule is O=C(COC(=O)CSc1nc2ccccc2o1)NC(=O)NCCc1cccs1. The highest BCUT2D eigenvalue weighted by atomic mass is 32.2. The first kappa shape index (κ1) is 19.9. The number of benzene rings is 1. The Morgan fingerprint density at radius 3 is 2.82 bits per heavy atom. The molecule has 0 saturated heterocycles. The van der Waals surface area contributed by atoms with Gasteiger partial charge in [-0.05, 0) is 30.0 Å². The number of imide groups is 1. The number of thiophene rings is 1. The van der Waals surface area contributed by atoms with Crippen molar-refractivity contribution in [1.29, 1.82) is 0 Å². The molecular formula is C18H17N3O5S2. The molecule has 10 heteroatoms. The van der Waals surface area contributed by atoms with Crippen LogP contribution in [0.4, 0.5) is 4.79 Å². The van der Waals surface area contributed by atoms with Gasteiger partial charge in [-0.25, -0.2) is 9.78 Å². The molecule has 0 bridgehead atoms. The molecule has 3 aromatic rings. The summed E-state index contributed by atoms with van der Waals surface area (Å²) in [5.74, 6) is -1.37. The average molecular weight is 419 g/mol. The Bertz CT molecular complexity index is 922. The molecule has 0 unspecified atom stereocenters. The lowest BCUT2D eigenvalue weighted by molar-refractivity contribution is -0.145. The van der Waals surface area contributed by atoms with Gasteiger partial charge in [-0.3, -0.25) is 14.9 Å². The summed E-state index contributed by atoms with van der Waals surface area (Å²) in [7, 11) is 0. The van der Waals surface area contributed by atoms with Crippen LogP contribution in [-0.2, 0) is 20.7 Å². The molecule has 0 spiro atoms. The van der Waals surface area contributed by atoms with Crippen LogP contribution in [0, 0.1) is 0 Å². The molecule has 0 fully saturated rings. The molecule has 3 rings (SSSR count). The van der Waals surface area contributed by atoms with Crippen molar-refractivity contribution in [1.82, 2.24) is 15.6 Å². The number of aromatic nitrogens is 1. The normalized spacial score (nSPS) is 10.6. The number of ether oxygens (including phenoxy) is 1. The van der Waals surface area contributed by atoms with Gasteiger partial charge >= 0.3 is 12.0 Å². The number of rotatable bonds is 8. The molecule has 0 aliphatic rings. The quantitative estimate of drug-likeness (QED) is 0.426. The number of nitrogens with one attached hydrogen (secondary N) is 2. The van der Waals surface area contributed by atoms with Crippen molar-refractivity contribution in [3.05, 3.63) is 46.7 Å². The Balaban J connectivity index is 1.31. The van der Waals surface area contributed by atoms with Gasteiger partial charge in [-0.15, -0.1) is 11.3 Å². The summed E-state index contributed by atoms with van der Waals surface area (Å²) in [6, 6.07) is 10.5. The van der Waals surface area contributed by atoms with Crippen molar-refractivity contribution in [2.24, 2.45) is 0 Å². The minimum Gasteiger partial charge on any atom is -0.455 e. The van der Waals surface area contributed by atoms with E-state index in [1.165, 1.54) is 0 Å². The molecule has 2 aromatic heterocycles. The van der Waals surface area contributed by atoms with E-state index in [1.54, 1.807) is 23.5 Å². The van der Waals surface area contributed by atoms with E-state index in [1.807, 2.05) is 29.6 Å². The molecule has 146 valence electrons. The van der Waals surface area contributed by atoms with Crippen LogP contribution >= 0.6 is 23.1 Å². The number of fused-ring (bicyclic) bond motifs is 1. The summed E-state index contributed by atoms with van der Waals surface area (Å²) in [6.07, 6.45) is 0.682. The van der Waals surface area contributed by atoms with E-state index < -0.39 is 24.5 Å². The van der Waals surface area contributed by atoms with Crippen LogP contribution in [0.2, 0.25) is 0 Å². The van der Waals surface area contributed by atoms with Crippen LogP contribution in [0.1, 0.15) is 4.88 Å². The van der Waals surface area contributed by atoms with Crippen molar-refractivity contribution in [3.8, 4) is 0 Å². The van der Waals surface area contributed by atoms with Crippen molar-refractivity contribution in [2.75, 3.05) is 18.9 Å². The molecule has 28 heavy (non-hydrogen) atoms. The van der Waals surface area contributed by atoms with E-state index in [-0.39, 0.29) is 5.75 Å². The van der Waals surface area contributed by atoms with Crippen molar-refractivity contribution >= 4 is 52.1 Å². The molecule has 0 saturated carbocycles. The van der Waals surface area contributed by atoms with E-state index >= 15 is 0 Å². The van der Waals surface area contributed by atoms with E-state index in [2.05, 4.69) is 15.6 Å². The summed E-state index contributed by atoms with van der Waals surface area (Å²) < 4.78 is 10.3. The second kappa shape index (κ2) is 9.90. The van der Waals surface area contributed by atoms with Gasteiger partial charge in [-0.2, -0.15) is 0 Å². The van der Waals surface area contributed by atoms with E-state index in [9.17, 15) is 14.4 Å². The number of hydrogen-bond donors (Lipinski definition) is 2. The molecule has 0 radical (unpaired) electrons. The third kappa shape index (κ3) is 6.10. The Morgan fingerprint density at radius 1 is 1.18 bits per heavy atom. The number of esters is 1. The minimum atomic E-state index is -0.700. The van der Waals surface area contributed by atoms with Crippen LogP contribution in [0.25, 0.3) is 11.1 Å². The number of thioether (sulfide) groups is 1. The first-order valence-corrected chi connectivity index (χ1v) is 10.2. The lowest BCUT2D eigenvalue weighted by atomic mass is 10.3. The van der Waals surface area contributed by atoms with Gasteiger partial charge in [0.1, 0.15) is 11.3 Å². The van der Waals surface area contributed by atoms with Crippen molar-refractivity contribution in [2.45, 2.75) is 11.6 Å². The first-order valence-electron chi connectivity index (χ1n) is 8.34. The predicted octanol–water partition coefficient (Wildman–Crippen LogP) is 2.59. The third-order valence-corrected chi connectivity index (χ3v) is 5.18. The molecule has 2 N–H and O–H groups in total. The summed E-state index contributed by atoms with van der Waals surface area (Å²) in [4.78, 5) is 40.4. The van der Waals surface area contributed by atoms with Gasteiger partial charge in [0, 0.05) is 11.4 Å². The topological polar surface area (TPSA) is 111 Å². The number of carbonyl (C=O) groups is 3. The van der Waals surface area contributed by atoms with Gasteiger partial charge in [-0.1, -0.05) is 30.0 Å². The highest BCUT2D eigenvalue weighted by molar-refractivity contribution is 7.99. The molecule has 0 aliphatic carbocycles. The summed E-state index contributed by atoms with van der Waals surface area (Å²) >= 11 is 2.66. The molecule has 8 nitrogen and oxygen atoms in total. The fourth-order valence-electron chi connectivity index (χ4n) is 2.18. The monoisotopic (exact) mass is 419 g/mol. The fourth-order valence-corrected chi connectivity index (χ4v) is 3.53. The Labute approximate surface area is 168 Å². The van der Waals surface area contributed by atoms with Crippen LogP contribution in [-0.4, -0.2) is 41.8 Å². The Morgan fingerprint density at radius 2 is 2.04 bits per heavy atom. The number of nitrogens with zero attached hydrogens (tertiary/aromatic N) is 1. The maximum atomic E-state index is 11.7. The highest BCUT2D eigenvalue weighted by Crippen LogP contribution is 2.23. The molecule has 2 heterocycles. The van der Waals surface area contributed by atoms with Gasteiger partial charge in [0.2, 0.25) is 0 Å². The highest BCUT2D eigenvalue weighted by Gasteiger charge is 2.13. The lowest BCUT2D eigenvalue weighted by Crippen LogP contribution is -2.42. The number of oxazole rings is 1. The molecule has 3 amide bonds. The van der Waals surface area contributed by atoms with E-state index in [0.717, 1.165) is 16.6 Å². The van der Waals surface area contributed by atoms with Crippen molar-refractivity contribution < 1.29 is 23.5 Å². The van der Waals surface area contributed by atoms with E-state index in [0.29, 0.717) is 29.3 Å². The van der Waals surface area contributed by atoms with Crippen LogP contribution in [0.5, 0.6) is 0 Å². The molecule has 1 aromatic carbocycles. The van der Waals surface area contributed by atoms with Gasteiger partial charge < -0.3 is 14.5 Å². The zero-order chi connectivity index (χ0) is 19.8. The predicted molar refractivity (Wildman–Crippen MR) is 105 cm³/mol. The Kier molecular flexibility index (Phi) is 7.04. The number of amides is 3. The van der Waals surface area contributed by atoms with Crippen LogP contribution < -0.4 is 10.6 Å². The minimum absolute atomic E-state index is 0.0624. The van der Waals surface area contributed by atoms with Crippen LogP contribution in [0.15, 0.2) is 51.4 Å². The zero-order valence-electron chi connectivity index (χ0n) is 14.7. The number of urea groups is 1. The third-order valence-electron chi connectivity index (χ3n) is 3.44. The van der Waals surface area contributed by atoms with Crippen LogP contribution in [0.3, 0.4) is 0 Å². The maximum Gasteiger partial charge on any atom is 0.321 e.